The molecule has 13 nitrogen and oxygen atoms in total. The quantitative estimate of drug-likeness (QED) is 0.141. The predicted octanol–water partition coefficient (Wildman–Crippen LogP) is 6.64. The molecular formula is C40H35N9O4. The molecule has 0 unspecified atom stereocenters. The fourth-order valence-corrected chi connectivity index (χ4v) is 5.96. The number of nitrogens with one attached hydrogen (secondary N) is 2. The molecule has 0 atom stereocenters. The Morgan fingerprint density at radius 1 is 0.698 bits per heavy atom. The molecule has 0 saturated carbocycles. The molecule has 8 aromatic rings. The topological polar surface area (TPSA) is 145 Å². The van der Waals surface area contributed by atoms with E-state index in [2.05, 4.69) is 25.8 Å². The summed E-state index contributed by atoms with van der Waals surface area (Å²) in [5.41, 5.74) is 8.46. The lowest BCUT2D eigenvalue weighted by atomic mass is 10.0. The van der Waals surface area contributed by atoms with E-state index in [9.17, 15) is 5.11 Å². The Morgan fingerprint density at radius 2 is 1.36 bits per heavy atom. The number of methoxy groups -OCH3 is 1. The van der Waals surface area contributed by atoms with Gasteiger partial charge in [-0.2, -0.15) is 10.2 Å². The Morgan fingerprint density at radius 3 is 2.08 bits per heavy atom. The zero-order valence-corrected chi connectivity index (χ0v) is 28.8. The minimum absolute atomic E-state index is 0.0322. The van der Waals surface area contributed by atoms with Crippen molar-refractivity contribution in [2.45, 2.75) is 19.7 Å². The van der Waals surface area contributed by atoms with Gasteiger partial charge in [0.1, 0.15) is 17.4 Å². The molecule has 6 heterocycles. The predicted molar refractivity (Wildman–Crippen MR) is 201 cm³/mol. The first-order valence-corrected chi connectivity index (χ1v) is 16.9. The molecule has 0 radical (unpaired) electrons. The van der Waals surface area contributed by atoms with E-state index < -0.39 is 0 Å². The van der Waals surface area contributed by atoms with Crippen molar-refractivity contribution < 1.29 is 19.3 Å². The zero-order valence-electron chi connectivity index (χ0n) is 28.8. The van der Waals surface area contributed by atoms with Gasteiger partial charge in [0.25, 0.3) is 0 Å². The van der Waals surface area contributed by atoms with Crippen LogP contribution in [-0.2, 0) is 19.7 Å². The number of pyridine rings is 1. The van der Waals surface area contributed by atoms with E-state index in [0.717, 1.165) is 79.1 Å². The number of rotatable bonds is 10. The van der Waals surface area contributed by atoms with Gasteiger partial charge in [0, 0.05) is 49.0 Å². The average Bonchev–Trinajstić information content (AvgIpc) is 3.98. The van der Waals surface area contributed by atoms with E-state index in [1.54, 1.807) is 34.7 Å². The maximum atomic E-state index is 9.64. The molecule has 0 bridgehead atoms. The highest BCUT2D eigenvalue weighted by Gasteiger charge is 2.15. The summed E-state index contributed by atoms with van der Waals surface area (Å²) in [4.78, 5) is 13.5. The highest BCUT2D eigenvalue weighted by molar-refractivity contribution is 5.80. The minimum atomic E-state index is -0.0322. The van der Waals surface area contributed by atoms with Gasteiger partial charge in [-0.05, 0) is 76.3 Å². The molecule has 3 aromatic carbocycles. The Bertz CT molecular complexity index is 2480. The number of hydrogen-bond donors (Lipinski definition) is 3. The van der Waals surface area contributed by atoms with Gasteiger partial charge in [0.05, 0.1) is 26.1 Å². The van der Waals surface area contributed by atoms with Crippen LogP contribution in [0.2, 0.25) is 0 Å². The maximum Gasteiger partial charge on any atom is 0.231 e. The van der Waals surface area contributed by atoms with Crippen LogP contribution in [0.3, 0.4) is 0 Å². The summed E-state index contributed by atoms with van der Waals surface area (Å²) in [6.07, 6.45) is 11.0. The number of ether oxygens (including phenoxy) is 3. The molecular weight excluding hydrogens is 670 g/mol. The van der Waals surface area contributed by atoms with Crippen LogP contribution in [-0.4, -0.2) is 53.2 Å². The summed E-state index contributed by atoms with van der Waals surface area (Å²) < 4.78 is 19.5. The van der Waals surface area contributed by atoms with E-state index in [-0.39, 0.29) is 13.4 Å². The lowest BCUT2D eigenvalue weighted by Crippen LogP contribution is -2.03. The van der Waals surface area contributed by atoms with Gasteiger partial charge in [-0.15, -0.1) is 0 Å². The van der Waals surface area contributed by atoms with Gasteiger partial charge >= 0.3 is 0 Å². The minimum Gasteiger partial charge on any atom is -0.497 e. The molecule has 1 aliphatic rings. The molecule has 0 aliphatic carbocycles. The summed E-state index contributed by atoms with van der Waals surface area (Å²) in [6, 6.07) is 29.3. The van der Waals surface area contributed by atoms with Gasteiger partial charge < -0.3 is 30.0 Å². The highest BCUT2D eigenvalue weighted by atomic mass is 16.7. The van der Waals surface area contributed by atoms with Crippen molar-refractivity contribution in [1.29, 1.82) is 0 Å². The van der Waals surface area contributed by atoms with Crippen molar-refractivity contribution in [3.05, 3.63) is 145 Å². The van der Waals surface area contributed by atoms with Crippen molar-refractivity contribution in [3.8, 4) is 39.5 Å². The molecule has 0 saturated heterocycles. The Kier molecular flexibility index (Phi) is 9.44. The van der Waals surface area contributed by atoms with Crippen molar-refractivity contribution in [2.24, 2.45) is 0 Å². The van der Waals surface area contributed by atoms with Crippen LogP contribution in [0.15, 0.2) is 128 Å². The first-order chi connectivity index (χ1) is 26.1. The molecule has 5 aromatic heterocycles. The normalized spacial score (nSPS) is 11.7. The fourth-order valence-electron chi connectivity index (χ4n) is 5.96. The molecule has 1 aliphatic heterocycles. The largest absolute Gasteiger partial charge is 0.497 e. The van der Waals surface area contributed by atoms with Crippen molar-refractivity contribution in [3.63, 3.8) is 0 Å². The monoisotopic (exact) mass is 705 g/mol. The third-order valence-corrected chi connectivity index (χ3v) is 8.75. The second-order valence-corrected chi connectivity index (χ2v) is 12.1. The molecule has 9 rings (SSSR count). The third kappa shape index (κ3) is 7.27. The first-order valence-electron chi connectivity index (χ1n) is 16.9. The maximum absolute atomic E-state index is 9.64. The molecule has 264 valence electrons. The second-order valence-electron chi connectivity index (χ2n) is 12.1. The molecule has 53 heavy (non-hydrogen) atoms. The van der Waals surface area contributed by atoms with Crippen LogP contribution >= 0.6 is 0 Å². The third-order valence-electron chi connectivity index (χ3n) is 8.75. The SMILES string of the molecule is COc1ccc(-c2cnn3ccc(NCc4ccncc4)nc23)cc1.OCc1ccccc1-c1cnn2ccc(NCc3ccc4c(c3)OCO4)nc12. The summed E-state index contributed by atoms with van der Waals surface area (Å²) in [6.45, 7) is 1.54. The van der Waals surface area contributed by atoms with Gasteiger partial charge in [0.15, 0.2) is 22.8 Å². The Balaban J connectivity index is 0.000000152. The fraction of sp³-hybridized carbons (Fsp3) is 0.125. The van der Waals surface area contributed by atoms with Crippen LogP contribution in [0.1, 0.15) is 16.7 Å². The number of anilines is 2. The molecule has 0 spiro atoms. The highest BCUT2D eigenvalue weighted by Crippen LogP contribution is 2.33. The molecule has 0 amide bonds. The van der Waals surface area contributed by atoms with Crippen LogP contribution in [0.4, 0.5) is 11.6 Å². The van der Waals surface area contributed by atoms with Gasteiger partial charge in [-0.25, -0.2) is 19.0 Å². The number of benzene rings is 3. The standard InChI is InChI=1S/C21H18N4O3.C19H17N5O/c26-12-15-3-1-2-4-16(15)17-11-23-25-8-7-20(24-21(17)25)22-10-14-5-6-18-19(9-14)28-13-27-18;1-25-16-4-2-15(3-5-16)17-13-22-24-11-8-18(23-19(17)24)21-12-14-6-9-20-10-7-14/h1-9,11,26H,10,12-13H2,(H,22,24);2-11,13H,12H2,1H3,(H,21,23). The van der Waals surface area contributed by atoms with Crippen molar-refractivity contribution in [1.82, 2.24) is 34.2 Å². The van der Waals surface area contributed by atoms with Crippen LogP contribution in [0.25, 0.3) is 33.5 Å². The van der Waals surface area contributed by atoms with E-state index in [4.69, 9.17) is 24.2 Å². The summed E-state index contributed by atoms with van der Waals surface area (Å²) in [7, 11) is 1.66. The van der Waals surface area contributed by atoms with Crippen LogP contribution < -0.4 is 24.8 Å². The van der Waals surface area contributed by atoms with Crippen LogP contribution in [0, 0.1) is 0 Å². The molecule has 13 heteroatoms. The number of aromatic nitrogens is 7. The van der Waals surface area contributed by atoms with E-state index >= 15 is 0 Å². The van der Waals surface area contributed by atoms with Gasteiger partial charge in [-0.3, -0.25) is 4.98 Å². The van der Waals surface area contributed by atoms with E-state index in [0.29, 0.717) is 13.1 Å². The Labute approximate surface area is 304 Å². The summed E-state index contributed by atoms with van der Waals surface area (Å²) in [5.74, 6) is 3.91. The molecule has 3 N–H and O–H groups in total. The average molecular weight is 706 g/mol. The van der Waals surface area contributed by atoms with Crippen molar-refractivity contribution in [2.75, 3.05) is 24.5 Å². The molecule has 0 fully saturated rings. The van der Waals surface area contributed by atoms with Crippen LogP contribution in [0.5, 0.6) is 17.2 Å². The lowest BCUT2D eigenvalue weighted by Gasteiger charge is -2.08. The number of fused-ring (bicyclic) bond motifs is 3. The number of nitrogens with zero attached hydrogens (tertiary/aromatic N) is 7. The smallest absolute Gasteiger partial charge is 0.231 e. The lowest BCUT2D eigenvalue weighted by molar-refractivity contribution is 0.174. The number of aliphatic hydroxyl groups is 1. The number of aliphatic hydroxyl groups excluding tert-OH is 1. The number of hydrogen-bond acceptors (Lipinski definition) is 11. The summed E-state index contributed by atoms with van der Waals surface area (Å²) in [5, 5.41) is 25.1. The Hall–Kier alpha value is -6.99. The summed E-state index contributed by atoms with van der Waals surface area (Å²) >= 11 is 0. The van der Waals surface area contributed by atoms with E-state index in [1.165, 1.54) is 0 Å². The van der Waals surface area contributed by atoms with Gasteiger partial charge in [0.2, 0.25) is 6.79 Å². The van der Waals surface area contributed by atoms with E-state index in [1.807, 2.05) is 110 Å². The second kappa shape index (κ2) is 15.1. The first kappa shape index (κ1) is 33.2. The van der Waals surface area contributed by atoms with Crippen molar-refractivity contribution >= 4 is 22.9 Å². The zero-order chi connectivity index (χ0) is 36.0. The van der Waals surface area contributed by atoms with Gasteiger partial charge in [-0.1, -0.05) is 42.5 Å².